The normalized spacial score (nSPS) is 14.3. The summed E-state index contributed by atoms with van der Waals surface area (Å²) in [5.74, 6) is -0.175. The first kappa shape index (κ1) is 89.3. The third-order valence-corrected chi connectivity index (χ3v) is 14.5. The van der Waals surface area contributed by atoms with Crippen molar-refractivity contribution in [2.75, 3.05) is 46.2 Å². The Hall–Kier alpha value is -3.17. The van der Waals surface area contributed by atoms with E-state index in [1.165, 1.54) is 83.5 Å². The molecule has 0 aliphatic carbocycles. The predicted octanol–water partition coefficient (Wildman–Crippen LogP) is 16.6. The molecule has 4 N–H and O–H groups in total. The van der Waals surface area contributed by atoms with Gasteiger partial charge in [-0.25, -0.2) is 0 Å². The summed E-state index contributed by atoms with van der Waals surface area (Å²) in [5, 5.41) is 37.3. The Bertz CT molecular complexity index is 1790. The van der Waals surface area contributed by atoms with Gasteiger partial charge in [0.15, 0.2) is 30.4 Å². The van der Waals surface area contributed by atoms with Gasteiger partial charge in [-0.1, -0.05) is 133 Å². The Morgan fingerprint density at radius 2 is 0.930 bits per heavy atom. The quantitative estimate of drug-likeness (QED) is 0.0119. The first-order valence-electron chi connectivity index (χ1n) is 32.6. The summed E-state index contributed by atoms with van der Waals surface area (Å²) in [6.45, 7) is 11.0. The van der Waals surface area contributed by atoms with Crippen LogP contribution >= 0.6 is 11.6 Å². The Morgan fingerprint density at radius 3 is 1.30 bits per heavy atom. The van der Waals surface area contributed by atoms with E-state index in [0.29, 0.717) is 62.9 Å². The van der Waals surface area contributed by atoms with Crippen LogP contribution in [0.25, 0.3) is 0 Å². The van der Waals surface area contributed by atoms with Crippen molar-refractivity contribution in [1.82, 2.24) is 0 Å². The number of halogens is 1. The van der Waals surface area contributed by atoms with Crippen molar-refractivity contribution in [3.05, 3.63) is 53.4 Å². The summed E-state index contributed by atoms with van der Waals surface area (Å²) < 4.78 is 27.2. The maximum Gasteiger partial charge on any atom is 0.305 e. The number of hydrogen-bond donors (Lipinski definition) is 4. The van der Waals surface area contributed by atoms with Gasteiger partial charge < -0.3 is 61.1 Å². The van der Waals surface area contributed by atoms with Gasteiger partial charge in [-0.3, -0.25) is 19.2 Å². The molecule has 0 spiro atoms. The van der Waals surface area contributed by atoms with E-state index in [1.807, 2.05) is 19.1 Å². The molecule has 0 amide bonds. The molecule has 2 fully saturated rings. The van der Waals surface area contributed by atoms with Crippen molar-refractivity contribution in [3.63, 3.8) is 0 Å². The number of benzene rings is 1. The Morgan fingerprint density at radius 1 is 0.547 bits per heavy atom. The number of allylic oxidation sites excluding steroid dienone is 4. The number of carbonyl (C=O) groups is 6. The van der Waals surface area contributed by atoms with Gasteiger partial charge >= 0.3 is 5.97 Å². The molecule has 2 atom stereocenters. The third-order valence-electron chi connectivity index (χ3n) is 14.1. The molecule has 504 valence electrons. The Kier molecular flexibility index (Phi) is 71.9. The fraction of sp³-hybridized carbons (Fsp3) is 0.754. The number of aromatic hydroxyl groups is 2. The van der Waals surface area contributed by atoms with Gasteiger partial charge in [0.2, 0.25) is 0 Å². The van der Waals surface area contributed by atoms with Gasteiger partial charge in [0.25, 0.3) is 0 Å². The van der Waals surface area contributed by atoms with Crippen LogP contribution in [0.15, 0.2) is 24.3 Å². The van der Waals surface area contributed by atoms with Crippen LogP contribution in [0.4, 0.5) is 0 Å². The number of ketones is 2. The second-order valence-corrected chi connectivity index (χ2v) is 22.2. The number of aldehydes is 3. The van der Waals surface area contributed by atoms with Crippen molar-refractivity contribution in [1.29, 1.82) is 0 Å². The molecule has 0 saturated carbocycles. The Balaban J connectivity index is -0.000000504. The smallest absolute Gasteiger partial charge is 0.305 e. The summed E-state index contributed by atoms with van der Waals surface area (Å²) in [7, 11) is 0. The molecule has 15 nitrogen and oxygen atoms in total. The van der Waals surface area contributed by atoms with Crippen LogP contribution in [0.1, 0.15) is 286 Å². The van der Waals surface area contributed by atoms with Gasteiger partial charge in [-0.05, 0) is 167 Å². The van der Waals surface area contributed by atoms with E-state index < -0.39 is 0 Å². The van der Waals surface area contributed by atoms with Gasteiger partial charge in [0.05, 0.1) is 17.2 Å². The number of aliphatic hydroxyl groups is 2. The number of rotatable bonds is 46. The molecule has 1 aromatic rings. The number of phenols is 2. The number of carbonyl (C=O) groups excluding carboxylic acids is 6. The minimum absolute atomic E-state index is 0. The van der Waals surface area contributed by atoms with Crippen molar-refractivity contribution < 1.29 is 93.3 Å². The summed E-state index contributed by atoms with van der Waals surface area (Å²) in [6, 6.07) is 0. The zero-order valence-electron chi connectivity index (χ0n) is 54.2. The largest absolute Gasteiger partial charge is 0.507 e. The summed E-state index contributed by atoms with van der Waals surface area (Å²) in [5.41, 5.74) is 0.879. The minimum atomic E-state index is -0.168. The molecular formula is C69H120ClO15Pd-. The molecule has 2 saturated heterocycles. The van der Waals surface area contributed by atoms with E-state index in [9.17, 15) is 39.0 Å². The second-order valence-electron chi connectivity index (χ2n) is 21.8. The zero-order chi connectivity index (χ0) is 62.4. The molecule has 0 radical (unpaired) electrons. The van der Waals surface area contributed by atoms with Crippen LogP contribution in [0, 0.1) is 14.4 Å². The van der Waals surface area contributed by atoms with Crippen LogP contribution in [-0.2, 0) is 74.5 Å². The van der Waals surface area contributed by atoms with E-state index in [2.05, 4.69) is 0 Å². The van der Waals surface area contributed by atoms with Gasteiger partial charge in [0.1, 0.15) is 24.1 Å². The van der Waals surface area contributed by atoms with E-state index in [1.54, 1.807) is 32.9 Å². The zero-order valence-corrected chi connectivity index (χ0v) is 56.5. The third kappa shape index (κ3) is 58.5. The molecular weight excluding hydrogens is 1210 g/mol. The van der Waals surface area contributed by atoms with Crippen LogP contribution in [0.2, 0.25) is 5.02 Å². The average molecular weight is 1330 g/mol. The second kappa shape index (κ2) is 69.3. The SMILES string of the molecule is CC(=O)/C=C/CCCCCCC=O.CC(=O)/C=C/CCCCCCCOC1CCCCO1.CCOC(=O)CCCCCCCCCc1c(O)c(Cl)c(C)c(C=O)c1O.O=CCCCCCCCOC1CCCCO1.OCCCCCCCCO.[CH3-].[Pd]. The van der Waals surface area contributed by atoms with Crippen molar-refractivity contribution in [3.8, 4) is 11.5 Å². The number of hydrogen-bond acceptors (Lipinski definition) is 15. The molecule has 0 bridgehead atoms. The Labute approximate surface area is 540 Å². The monoisotopic (exact) mass is 1330 g/mol. The molecule has 17 heteroatoms. The number of ether oxygens (including phenoxy) is 5. The van der Waals surface area contributed by atoms with Crippen LogP contribution in [0.5, 0.6) is 11.5 Å². The number of phenolic OH excluding ortho intramolecular Hbond substituents is 2. The molecule has 2 heterocycles. The standard InChI is InChI=1S/C20H29ClO5.C16H28O3.C13H24O3.C11H18O2.C8H18O2.CH3.Pd/c1-3-26-17(23)12-10-8-6-4-5-7-9-11-15-19(24)16(13-22)14(2)18(21)20(15)25;1-15(17)11-7-5-3-2-4-6-9-13-18-16-12-8-10-14-19-16;14-10-6-3-1-2-4-7-11-15-13-9-5-8-12-16-13;1-11(13)9-7-5-3-2-4-6-8-10-12;9-7-5-3-1-2-4-6-8-10;;/h13,24-25H,3-12H2,1-2H3;7,11,16H,2-6,8-10,12-14H2,1H3;10,13H,1-9,11-12H2;7,9-10H,2-6,8H2,1H3;9-10H,1-8H2;1H3;/q;;;;;-1;/b;11-7+;;9-7+;;;. The van der Waals surface area contributed by atoms with Crippen LogP contribution in [-0.4, -0.2) is 116 Å². The average Bonchev–Trinajstić information content (AvgIpc) is 3.49. The predicted molar refractivity (Wildman–Crippen MR) is 344 cm³/mol. The van der Waals surface area contributed by atoms with Crippen molar-refractivity contribution >= 4 is 48.0 Å². The minimum Gasteiger partial charge on any atom is -0.507 e. The van der Waals surface area contributed by atoms with Gasteiger partial charge in [-0.15, -0.1) is 0 Å². The van der Waals surface area contributed by atoms with Crippen LogP contribution in [0.3, 0.4) is 0 Å². The first-order chi connectivity index (χ1) is 40.8. The number of unbranched alkanes of at least 4 members (excludes halogenated alkanes) is 26. The molecule has 2 unspecified atom stereocenters. The van der Waals surface area contributed by atoms with Crippen LogP contribution < -0.4 is 0 Å². The number of esters is 1. The fourth-order valence-electron chi connectivity index (χ4n) is 9.09. The summed E-state index contributed by atoms with van der Waals surface area (Å²) in [6.07, 6.45) is 50.6. The topological polar surface area (TPSA) is 229 Å². The fourth-order valence-corrected chi connectivity index (χ4v) is 9.31. The van der Waals surface area contributed by atoms with Crippen molar-refractivity contribution in [2.24, 2.45) is 0 Å². The van der Waals surface area contributed by atoms with Crippen molar-refractivity contribution in [2.45, 2.75) is 291 Å². The van der Waals surface area contributed by atoms with Gasteiger partial charge in [-0.2, -0.15) is 0 Å². The molecule has 0 aromatic heterocycles. The van der Waals surface area contributed by atoms with E-state index in [-0.39, 0.29) is 80.1 Å². The first-order valence-corrected chi connectivity index (χ1v) is 33.0. The molecule has 86 heavy (non-hydrogen) atoms. The molecule has 1 aromatic carbocycles. The maximum absolute atomic E-state index is 11.2. The molecule has 3 rings (SSSR count). The molecule has 2 aliphatic rings. The van der Waals surface area contributed by atoms with E-state index in [4.69, 9.17) is 45.5 Å². The summed E-state index contributed by atoms with van der Waals surface area (Å²) >= 11 is 6.04. The number of aliphatic hydroxyl groups excluding tert-OH is 2. The molecule has 2 aliphatic heterocycles. The summed E-state index contributed by atoms with van der Waals surface area (Å²) in [4.78, 5) is 63.5. The maximum atomic E-state index is 11.2. The van der Waals surface area contributed by atoms with Gasteiger partial charge in [0, 0.05) is 84.9 Å². The van der Waals surface area contributed by atoms with E-state index in [0.717, 1.165) is 180 Å². The van der Waals surface area contributed by atoms with E-state index >= 15 is 0 Å².